The largest absolute Gasteiger partial charge is 0.467 e. The van der Waals surface area contributed by atoms with Crippen LogP contribution < -0.4 is 15.1 Å². The molecule has 0 unspecified atom stereocenters. The molecule has 0 aliphatic carbocycles. The number of carbonyl (C=O) groups is 1. The van der Waals surface area contributed by atoms with E-state index in [0.29, 0.717) is 23.7 Å². The van der Waals surface area contributed by atoms with Gasteiger partial charge in [-0.1, -0.05) is 12.1 Å². The number of furan rings is 1. The Labute approximate surface area is 162 Å². The molecule has 1 N–H and O–H groups in total. The van der Waals surface area contributed by atoms with Crippen molar-refractivity contribution < 1.29 is 13.6 Å². The Bertz CT molecular complexity index is 920. The van der Waals surface area contributed by atoms with E-state index in [-0.39, 0.29) is 11.7 Å². The summed E-state index contributed by atoms with van der Waals surface area (Å²) in [5, 5.41) is 2.78. The summed E-state index contributed by atoms with van der Waals surface area (Å²) in [6, 6.07) is 14.0. The van der Waals surface area contributed by atoms with Gasteiger partial charge < -0.3 is 19.5 Å². The standard InChI is InChI=1S/C21H21FN4O2/c22-18-5-1-2-6-20(18)26-11-9-25(10-12-26)16-7-8-19(23-14-16)21(27)24-15-17-4-3-13-28-17/h1-8,13-14H,9-12,15H2,(H,24,27). The molecule has 0 saturated carbocycles. The molecule has 1 fully saturated rings. The van der Waals surface area contributed by atoms with Gasteiger partial charge in [-0.15, -0.1) is 0 Å². The third-order valence-electron chi connectivity index (χ3n) is 4.82. The first-order valence-corrected chi connectivity index (χ1v) is 9.22. The lowest BCUT2D eigenvalue weighted by atomic mass is 10.2. The molecule has 28 heavy (non-hydrogen) atoms. The number of rotatable bonds is 5. The Hall–Kier alpha value is -3.35. The van der Waals surface area contributed by atoms with Crippen molar-refractivity contribution in [2.45, 2.75) is 6.54 Å². The maximum Gasteiger partial charge on any atom is 0.270 e. The molecule has 1 aliphatic rings. The van der Waals surface area contributed by atoms with Gasteiger partial charge in [0.2, 0.25) is 0 Å². The monoisotopic (exact) mass is 380 g/mol. The van der Waals surface area contributed by atoms with Gasteiger partial charge in [-0.3, -0.25) is 4.79 Å². The lowest BCUT2D eigenvalue weighted by Gasteiger charge is -2.37. The molecule has 4 rings (SSSR count). The number of nitrogens with zero attached hydrogens (tertiary/aromatic N) is 3. The molecule has 7 heteroatoms. The van der Waals surface area contributed by atoms with Crippen molar-refractivity contribution in [1.82, 2.24) is 10.3 Å². The zero-order valence-electron chi connectivity index (χ0n) is 15.3. The summed E-state index contributed by atoms with van der Waals surface area (Å²) in [5.41, 5.74) is 1.96. The van der Waals surface area contributed by atoms with Gasteiger partial charge >= 0.3 is 0 Å². The van der Waals surface area contributed by atoms with Crippen molar-refractivity contribution in [3.8, 4) is 0 Å². The highest BCUT2D eigenvalue weighted by Gasteiger charge is 2.20. The maximum absolute atomic E-state index is 14.0. The minimum atomic E-state index is -0.243. The van der Waals surface area contributed by atoms with E-state index >= 15 is 0 Å². The summed E-state index contributed by atoms with van der Waals surface area (Å²) in [6.07, 6.45) is 3.28. The predicted molar refractivity (Wildman–Crippen MR) is 105 cm³/mol. The van der Waals surface area contributed by atoms with Gasteiger partial charge in [0.1, 0.15) is 17.3 Å². The molecule has 1 saturated heterocycles. The molecule has 1 aromatic carbocycles. The van der Waals surface area contributed by atoms with E-state index in [0.717, 1.165) is 31.9 Å². The highest BCUT2D eigenvalue weighted by Crippen LogP contribution is 2.22. The van der Waals surface area contributed by atoms with E-state index in [9.17, 15) is 9.18 Å². The fraction of sp³-hybridized carbons (Fsp3) is 0.238. The first kappa shape index (κ1) is 18.0. The van der Waals surface area contributed by atoms with Gasteiger partial charge in [0.25, 0.3) is 5.91 Å². The smallest absolute Gasteiger partial charge is 0.270 e. The average molecular weight is 380 g/mol. The van der Waals surface area contributed by atoms with Gasteiger partial charge in [0.05, 0.1) is 30.4 Å². The van der Waals surface area contributed by atoms with E-state index < -0.39 is 0 Å². The number of nitrogens with one attached hydrogen (secondary N) is 1. The van der Waals surface area contributed by atoms with Crippen LogP contribution in [0, 0.1) is 5.82 Å². The topological polar surface area (TPSA) is 61.6 Å². The molecule has 0 atom stereocenters. The number of carbonyl (C=O) groups excluding carboxylic acids is 1. The van der Waals surface area contributed by atoms with Gasteiger partial charge in [-0.2, -0.15) is 0 Å². The summed E-state index contributed by atoms with van der Waals surface area (Å²) < 4.78 is 19.2. The molecular formula is C21H21FN4O2. The SMILES string of the molecule is O=C(NCc1ccco1)c1ccc(N2CCN(c3ccccc3F)CC2)cn1. The minimum Gasteiger partial charge on any atom is -0.467 e. The Balaban J connectivity index is 1.33. The number of para-hydroxylation sites is 1. The Morgan fingerprint density at radius 2 is 1.82 bits per heavy atom. The van der Waals surface area contributed by atoms with Crippen LogP contribution in [0.15, 0.2) is 65.4 Å². The van der Waals surface area contributed by atoms with Crippen molar-refractivity contribution in [3.05, 3.63) is 78.3 Å². The van der Waals surface area contributed by atoms with Gasteiger partial charge in [-0.25, -0.2) is 9.37 Å². The van der Waals surface area contributed by atoms with Gasteiger partial charge in [0, 0.05) is 26.2 Å². The second-order valence-electron chi connectivity index (χ2n) is 6.59. The van der Waals surface area contributed by atoms with Crippen molar-refractivity contribution in [3.63, 3.8) is 0 Å². The number of benzene rings is 1. The second kappa shape index (κ2) is 8.12. The summed E-state index contributed by atoms with van der Waals surface area (Å²) in [4.78, 5) is 20.7. The third-order valence-corrected chi connectivity index (χ3v) is 4.82. The van der Waals surface area contributed by atoms with E-state index in [2.05, 4.69) is 20.1 Å². The van der Waals surface area contributed by atoms with E-state index in [1.54, 1.807) is 36.7 Å². The zero-order chi connectivity index (χ0) is 19.3. The molecule has 0 radical (unpaired) electrons. The van der Waals surface area contributed by atoms with Crippen molar-refractivity contribution in [2.75, 3.05) is 36.0 Å². The number of hydrogen-bond acceptors (Lipinski definition) is 5. The third kappa shape index (κ3) is 3.98. The molecule has 3 aromatic rings. The van der Waals surface area contributed by atoms with Crippen LogP contribution in [0.1, 0.15) is 16.2 Å². The predicted octanol–water partition coefficient (Wildman–Crippen LogP) is 3.07. The highest BCUT2D eigenvalue weighted by molar-refractivity contribution is 5.92. The fourth-order valence-electron chi connectivity index (χ4n) is 3.29. The molecule has 0 spiro atoms. The summed E-state index contributed by atoms with van der Waals surface area (Å²) in [6.45, 7) is 3.31. The molecule has 1 aliphatic heterocycles. The molecular weight excluding hydrogens is 359 g/mol. The Morgan fingerprint density at radius 3 is 2.50 bits per heavy atom. The Morgan fingerprint density at radius 1 is 1.04 bits per heavy atom. The van der Waals surface area contributed by atoms with Crippen molar-refractivity contribution in [2.24, 2.45) is 0 Å². The maximum atomic E-state index is 14.0. The average Bonchev–Trinajstić information content (AvgIpc) is 3.26. The number of pyridine rings is 1. The number of anilines is 2. The molecule has 144 valence electrons. The lowest BCUT2D eigenvalue weighted by molar-refractivity contribution is 0.0943. The molecule has 1 amide bonds. The molecule has 2 aromatic heterocycles. The number of aromatic nitrogens is 1. The number of amides is 1. The lowest BCUT2D eigenvalue weighted by Crippen LogP contribution is -2.46. The zero-order valence-corrected chi connectivity index (χ0v) is 15.3. The number of piperazine rings is 1. The minimum absolute atomic E-state index is 0.192. The normalized spacial score (nSPS) is 14.2. The van der Waals surface area contributed by atoms with Crippen LogP contribution in [0.2, 0.25) is 0 Å². The summed E-state index contributed by atoms with van der Waals surface area (Å²) in [7, 11) is 0. The summed E-state index contributed by atoms with van der Waals surface area (Å²) in [5.74, 6) is 0.257. The van der Waals surface area contributed by atoms with Crippen LogP contribution in [-0.2, 0) is 6.54 Å². The van der Waals surface area contributed by atoms with Crippen LogP contribution in [0.25, 0.3) is 0 Å². The van der Waals surface area contributed by atoms with Crippen LogP contribution in [0.5, 0.6) is 0 Å². The molecule has 6 nitrogen and oxygen atoms in total. The highest BCUT2D eigenvalue weighted by atomic mass is 19.1. The first-order valence-electron chi connectivity index (χ1n) is 9.22. The van der Waals surface area contributed by atoms with Gasteiger partial charge in [-0.05, 0) is 36.4 Å². The van der Waals surface area contributed by atoms with E-state index in [1.165, 1.54) is 6.07 Å². The fourth-order valence-corrected chi connectivity index (χ4v) is 3.29. The van der Waals surface area contributed by atoms with Crippen LogP contribution in [-0.4, -0.2) is 37.1 Å². The van der Waals surface area contributed by atoms with E-state index in [1.807, 2.05) is 18.2 Å². The Kier molecular flexibility index (Phi) is 5.23. The summed E-state index contributed by atoms with van der Waals surface area (Å²) >= 11 is 0. The molecule has 0 bridgehead atoms. The van der Waals surface area contributed by atoms with Crippen LogP contribution in [0.4, 0.5) is 15.8 Å². The number of hydrogen-bond donors (Lipinski definition) is 1. The van der Waals surface area contributed by atoms with Crippen LogP contribution >= 0.6 is 0 Å². The second-order valence-corrected chi connectivity index (χ2v) is 6.59. The van der Waals surface area contributed by atoms with Crippen molar-refractivity contribution in [1.29, 1.82) is 0 Å². The number of halogens is 1. The quantitative estimate of drug-likeness (QED) is 0.737. The molecule has 3 heterocycles. The van der Waals surface area contributed by atoms with Crippen molar-refractivity contribution >= 4 is 17.3 Å². The first-order chi connectivity index (χ1) is 13.7. The van der Waals surface area contributed by atoms with E-state index in [4.69, 9.17) is 4.42 Å². The van der Waals surface area contributed by atoms with Crippen LogP contribution in [0.3, 0.4) is 0 Å². The van der Waals surface area contributed by atoms with Gasteiger partial charge in [0.15, 0.2) is 0 Å².